The number of carboxylic acids is 1. The maximum absolute atomic E-state index is 10.4. The molecule has 3 N–H and O–H groups in total. The minimum atomic E-state index is -0.824. The number of ether oxygens (including phenoxy) is 1. The Morgan fingerprint density at radius 1 is 1.00 bits per heavy atom. The van der Waals surface area contributed by atoms with Gasteiger partial charge in [0.2, 0.25) is 5.91 Å². The lowest BCUT2D eigenvalue weighted by atomic mass is 10.1. The molecule has 0 aromatic carbocycles. The molecule has 0 bridgehead atoms. The molecule has 0 aliphatic carbocycles. The number of rotatable bonds is 11. The monoisotopic (exact) mass is 329 g/mol. The van der Waals surface area contributed by atoms with Gasteiger partial charge >= 0.3 is 5.97 Å². The molecule has 0 aromatic rings. The summed E-state index contributed by atoms with van der Waals surface area (Å²) in [5.74, 6) is -0.984. The van der Waals surface area contributed by atoms with Crippen LogP contribution in [0.2, 0.25) is 0 Å². The number of carbonyl (C=O) groups is 2. The highest BCUT2D eigenvalue weighted by molar-refractivity contribution is 5.73. The van der Waals surface area contributed by atoms with Crippen molar-refractivity contribution in [1.82, 2.24) is 0 Å². The number of hydrogen-bond donors (Lipinski definition) is 2. The predicted molar refractivity (Wildman–Crippen MR) is 92.3 cm³/mol. The van der Waals surface area contributed by atoms with E-state index in [0.29, 0.717) is 19.4 Å². The van der Waals surface area contributed by atoms with Crippen molar-refractivity contribution >= 4 is 11.9 Å². The van der Waals surface area contributed by atoms with Crippen molar-refractivity contribution in [3.05, 3.63) is 0 Å². The van der Waals surface area contributed by atoms with Crippen molar-refractivity contribution in [2.45, 2.75) is 96.5 Å². The molecule has 1 unspecified atom stereocenters. The summed E-state index contributed by atoms with van der Waals surface area (Å²) in [7, 11) is 0. The van der Waals surface area contributed by atoms with Crippen LogP contribution in [0.3, 0.4) is 0 Å². The Balaban J connectivity index is 0.000000459. The van der Waals surface area contributed by atoms with E-state index in [2.05, 4.69) is 6.92 Å². The fourth-order valence-electron chi connectivity index (χ4n) is 2.55. The molecule has 1 aliphatic heterocycles. The van der Waals surface area contributed by atoms with Crippen molar-refractivity contribution < 1.29 is 19.4 Å². The number of carbonyl (C=O) groups excluding carboxylic acids is 1. The summed E-state index contributed by atoms with van der Waals surface area (Å²) in [4.78, 5) is 20.7. The third-order valence-electron chi connectivity index (χ3n) is 3.98. The summed E-state index contributed by atoms with van der Waals surface area (Å²) in [6.45, 7) is 2.85. The van der Waals surface area contributed by atoms with Gasteiger partial charge in [-0.05, 0) is 25.7 Å². The van der Waals surface area contributed by atoms with E-state index < -0.39 is 12.1 Å². The highest BCUT2D eigenvalue weighted by atomic mass is 16.5. The SMILES string of the molecule is CCCCCCCCCCCC(N)=O.O=C(O)C1CCCCO1. The first-order valence-electron chi connectivity index (χ1n) is 9.20. The normalized spacial score (nSPS) is 17.2. The molecule has 136 valence electrons. The molecule has 1 amide bonds. The Kier molecular flexibility index (Phi) is 15.0. The van der Waals surface area contributed by atoms with Crippen molar-refractivity contribution in [1.29, 1.82) is 0 Å². The van der Waals surface area contributed by atoms with E-state index in [-0.39, 0.29) is 5.91 Å². The maximum atomic E-state index is 10.4. The van der Waals surface area contributed by atoms with Crippen LogP contribution in [0, 0.1) is 0 Å². The molecular weight excluding hydrogens is 294 g/mol. The van der Waals surface area contributed by atoms with Crippen molar-refractivity contribution in [2.75, 3.05) is 6.61 Å². The van der Waals surface area contributed by atoms with Crippen molar-refractivity contribution in [2.24, 2.45) is 5.73 Å². The number of amides is 1. The molecule has 5 nitrogen and oxygen atoms in total. The van der Waals surface area contributed by atoms with Gasteiger partial charge in [-0.1, -0.05) is 58.3 Å². The lowest BCUT2D eigenvalue weighted by Crippen LogP contribution is -2.27. The standard InChI is InChI=1S/C12H25NO.C6H10O3/c1-2-3-4-5-6-7-8-9-10-11-12(13)14;7-6(8)5-3-1-2-4-9-5/h2-11H2,1H3,(H2,13,14);5H,1-4H2,(H,7,8). The average molecular weight is 329 g/mol. The van der Waals surface area contributed by atoms with Crippen LogP contribution in [0.1, 0.15) is 90.4 Å². The molecule has 1 atom stereocenters. The molecule has 0 aromatic heterocycles. The number of primary amides is 1. The minimum absolute atomic E-state index is 0.159. The largest absolute Gasteiger partial charge is 0.479 e. The molecule has 1 fully saturated rings. The van der Waals surface area contributed by atoms with Gasteiger partial charge in [0.15, 0.2) is 6.10 Å². The topological polar surface area (TPSA) is 89.6 Å². The van der Waals surface area contributed by atoms with Crippen LogP contribution >= 0.6 is 0 Å². The molecule has 5 heteroatoms. The first-order chi connectivity index (χ1) is 11.1. The number of carboxylic acid groups (broad SMARTS) is 1. The third kappa shape index (κ3) is 15.6. The quantitative estimate of drug-likeness (QED) is 0.560. The molecule has 1 rings (SSSR count). The second-order valence-electron chi connectivity index (χ2n) is 6.24. The molecule has 0 saturated carbocycles. The highest BCUT2D eigenvalue weighted by Crippen LogP contribution is 2.12. The highest BCUT2D eigenvalue weighted by Gasteiger charge is 2.20. The van der Waals surface area contributed by atoms with Crippen LogP contribution in [0.5, 0.6) is 0 Å². The van der Waals surface area contributed by atoms with Gasteiger partial charge in [-0.3, -0.25) is 4.79 Å². The van der Waals surface area contributed by atoms with Gasteiger partial charge in [0, 0.05) is 13.0 Å². The Morgan fingerprint density at radius 3 is 1.96 bits per heavy atom. The summed E-state index contributed by atoms with van der Waals surface area (Å²) in [6.07, 6.45) is 14.2. The zero-order valence-corrected chi connectivity index (χ0v) is 14.7. The molecular formula is C18H35NO4. The van der Waals surface area contributed by atoms with Gasteiger partial charge in [0.05, 0.1) is 0 Å². The summed E-state index contributed by atoms with van der Waals surface area (Å²) < 4.78 is 4.94. The number of hydrogen-bond acceptors (Lipinski definition) is 3. The second kappa shape index (κ2) is 15.8. The first-order valence-corrected chi connectivity index (χ1v) is 9.20. The van der Waals surface area contributed by atoms with Crippen LogP contribution in [-0.4, -0.2) is 29.7 Å². The third-order valence-corrected chi connectivity index (χ3v) is 3.98. The molecule has 0 spiro atoms. The summed E-state index contributed by atoms with van der Waals surface area (Å²) >= 11 is 0. The Bertz CT molecular complexity index is 301. The van der Waals surface area contributed by atoms with Gasteiger partial charge < -0.3 is 15.6 Å². The fraction of sp³-hybridized carbons (Fsp3) is 0.889. The molecule has 1 heterocycles. The van der Waals surface area contributed by atoms with Crippen molar-refractivity contribution in [3.63, 3.8) is 0 Å². The zero-order chi connectivity index (χ0) is 17.3. The predicted octanol–water partition coefficient (Wildman–Crippen LogP) is 4.03. The first kappa shape index (κ1) is 21.9. The van der Waals surface area contributed by atoms with E-state index in [9.17, 15) is 9.59 Å². The van der Waals surface area contributed by atoms with E-state index >= 15 is 0 Å². The summed E-state index contributed by atoms with van der Waals surface area (Å²) in [5.41, 5.74) is 5.05. The van der Waals surface area contributed by atoms with Gasteiger partial charge in [0.25, 0.3) is 0 Å². The van der Waals surface area contributed by atoms with E-state index in [1.165, 1.54) is 44.9 Å². The summed E-state index contributed by atoms with van der Waals surface area (Å²) in [6, 6.07) is 0. The molecule has 1 aliphatic rings. The summed E-state index contributed by atoms with van der Waals surface area (Å²) in [5, 5.41) is 8.41. The van der Waals surface area contributed by atoms with Crippen LogP contribution in [0.25, 0.3) is 0 Å². The number of nitrogens with two attached hydrogens (primary N) is 1. The average Bonchev–Trinajstić information content (AvgIpc) is 2.54. The maximum Gasteiger partial charge on any atom is 0.332 e. The van der Waals surface area contributed by atoms with Crippen LogP contribution < -0.4 is 5.73 Å². The molecule has 0 radical (unpaired) electrons. The lowest BCUT2D eigenvalue weighted by molar-refractivity contribution is -0.153. The molecule has 23 heavy (non-hydrogen) atoms. The Morgan fingerprint density at radius 2 is 1.57 bits per heavy atom. The van der Waals surface area contributed by atoms with E-state index in [1.807, 2.05) is 0 Å². The van der Waals surface area contributed by atoms with E-state index in [1.54, 1.807) is 0 Å². The van der Waals surface area contributed by atoms with Crippen LogP contribution in [-0.2, 0) is 14.3 Å². The van der Waals surface area contributed by atoms with Crippen LogP contribution in [0.4, 0.5) is 0 Å². The minimum Gasteiger partial charge on any atom is -0.479 e. The van der Waals surface area contributed by atoms with Crippen LogP contribution in [0.15, 0.2) is 0 Å². The Labute approximate surface area is 141 Å². The van der Waals surface area contributed by atoms with Gasteiger partial charge in [-0.2, -0.15) is 0 Å². The molecule has 1 saturated heterocycles. The van der Waals surface area contributed by atoms with Gasteiger partial charge in [-0.15, -0.1) is 0 Å². The number of unbranched alkanes of at least 4 members (excludes halogenated alkanes) is 8. The fourth-order valence-corrected chi connectivity index (χ4v) is 2.55. The second-order valence-corrected chi connectivity index (χ2v) is 6.24. The van der Waals surface area contributed by atoms with Crippen molar-refractivity contribution in [3.8, 4) is 0 Å². The smallest absolute Gasteiger partial charge is 0.332 e. The Hall–Kier alpha value is -1.10. The van der Waals surface area contributed by atoms with Gasteiger partial charge in [0.1, 0.15) is 0 Å². The zero-order valence-electron chi connectivity index (χ0n) is 14.7. The lowest BCUT2D eigenvalue weighted by Gasteiger charge is -2.17. The van der Waals surface area contributed by atoms with E-state index in [0.717, 1.165) is 25.7 Å². The van der Waals surface area contributed by atoms with E-state index in [4.69, 9.17) is 15.6 Å². The van der Waals surface area contributed by atoms with Gasteiger partial charge in [-0.25, -0.2) is 4.79 Å². The number of aliphatic carboxylic acids is 1.